The first kappa shape index (κ1) is 20.8. The number of hydrogen-bond donors (Lipinski definition) is 1. The fourth-order valence-electron chi connectivity index (χ4n) is 4.12. The number of nitrogens with one attached hydrogen (secondary N) is 1. The number of aromatic nitrogens is 4. The first-order chi connectivity index (χ1) is 15.8. The van der Waals surface area contributed by atoms with Crippen molar-refractivity contribution in [2.75, 3.05) is 5.32 Å². The average Bonchev–Trinajstić information content (AvgIpc) is 3.14. The highest BCUT2D eigenvalue weighted by molar-refractivity contribution is 6.12. The van der Waals surface area contributed by atoms with Crippen molar-refractivity contribution in [1.82, 2.24) is 19.7 Å². The highest BCUT2D eigenvalue weighted by Crippen LogP contribution is 2.26. The third-order valence-electron chi connectivity index (χ3n) is 5.67. The zero-order valence-electron chi connectivity index (χ0n) is 18.8. The monoisotopic (exact) mass is 439 g/mol. The summed E-state index contributed by atoms with van der Waals surface area (Å²) in [6.45, 7) is 7.71. The minimum Gasteiger partial charge on any atom is -0.306 e. The molecule has 2 aromatic carbocycles. The number of pyridine rings is 2. The van der Waals surface area contributed by atoms with Gasteiger partial charge >= 0.3 is 0 Å². The number of hydrogen-bond acceptors (Lipinski definition) is 4. The second-order valence-electron chi connectivity index (χ2n) is 8.28. The molecule has 0 aliphatic carbocycles. The molecule has 164 valence electrons. The quantitative estimate of drug-likeness (QED) is 0.398. The Morgan fingerprint density at radius 1 is 0.879 bits per heavy atom. The Hall–Kier alpha value is -4.13. The molecule has 5 aromatic rings. The number of carbonyl (C=O) groups excluding carboxylic acids is 1. The molecule has 33 heavy (non-hydrogen) atoms. The lowest BCUT2D eigenvalue weighted by Gasteiger charge is -2.13. The van der Waals surface area contributed by atoms with Gasteiger partial charge in [-0.1, -0.05) is 18.2 Å². The largest absolute Gasteiger partial charge is 0.306 e. The number of benzene rings is 2. The van der Waals surface area contributed by atoms with Crippen molar-refractivity contribution in [3.8, 4) is 5.82 Å². The van der Waals surface area contributed by atoms with Crippen LogP contribution in [0, 0.1) is 33.5 Å². The highest BCUT2D eigenvalue weighted by atomic mass is 19.1. The normalized spacial score (nSPS) is 11.3. The van der Waals surface area contributed by atoms with Gasteiger partial charge < -0.3 is 5.32 Å². The molecule has 7 heteroatoms. The third kappa shape index (κ3) is 3.71. The number of para-hydroxylation sites is 1. The van der Waals surface area contributed by atoms with Gasteiger partial charge in [0.15, 0.2) is 5.82 Å². The molecule has 0 saturated heterocycles. The molecule has 0 saturated carbocycles. The van der Waals surface area contributed by atoms with Gasteiger partial charge in [0.25, 0.3) is 5.91 Å². The molecule has 5 rings (SSSR count). The van der Waals surface area contributed by atoms with E-state index in [0.29, 0.717) is 33.8 Å². The molecule has 0 atom stereocenters. The molecule has 0 fully saturated rings. The zero-order valence-corrected chi connectivity index (χ0v) is 18.8. The number of rotatable bonds is 3. The van der Waals surface area contributed by atoms with E-state index in [9.17, 15) is 9.18 Å². The topological polar surface area (TPSA) is 72.7 Å². The van der Waals surface area contributed by atoms with E-state index in [4.69, 9.17) is 4.98 Å². The summed E-state index contributed by atoms with van der Waals surface area (Å²) >= 11 is 0. The molecule has 1 amide bonds. The summed E-state index contributed by atoms with van der Waals surface area (Å²) in [6.07, 6.45) is 0. The van der Waals surface area contributed by atoms with E-state index in [1.165, 1.54) is 12.1 Å². The van der Waals surface area contributed by atoms with Crippen molar-refractivity contribution in [3.63, 3.8) is 0 Å². The Labute approximate surface area is 190 Å². The fourth-order valence-corrected chi connectivity index (χ4v) is 4.12. The molecular formula is C26H22FN5O. The number of carbonyl (C=O) groups is 1. The van der Waals surface area contributed by atoms with Crippen LogP contribution in [0.25, 0.3) is 27.6 Å². The molecule has 0 radical (unpaired) electrons. The maximum atomic E-state index is 13.9. The van der Waals surface area contributed by atoms with E-state index in [1.807, 2.05) is 45.0 Å². The minimum atomic E-state index is -0.422. The van der Waals surface area contributed by atoms with Crippen LogP contribution in [-0.2, 0) is 0 Å². The Bertz CT molecular complexity index is 1570. The fraction of sp³-hybridized carbons (Fsp3) is 0.154. The van der Waals surface area contributed by atoms with Crippen LogP contribution in [0.1, 0.15) is 32.9 Å². The number of anilines is 1. The molecule has 6 nitrogen and oxygen atoms in total. The molecule has 0 unspecified atom stereocenters. The first-order valence-corrected chi connectivity index (χ1v) is 10.6. The molecule has 0 bridgehead atoms. The maximum absolute atomic E-state index is 13.9. The molecule has 1 N–H and O–H groups in total. The van der Waals surface area contributed by atoms with Gasteiger partial charge in [-0.25, -0.2) is 9.37 Å². The summed E-state index contributed by atoms with van der Waals surface area (Å²) in [7, 11) is 0. The van der Waals surface area contributed by atoms with Crippen molar-refractivity contribution in [3.05, 3.63) is 88.5 Å². The van der Waals surface area contributed by atoms with Gasteiger partial charge in [-0.2, -0.15) is 9.78 Å². The lowest BCUT2D eigenvalue weighted by atomic mass is 10.1. The minimum absolute atomic E-state index is 0.348. The van der Waals surface area contributed by atoms with Crippen LogP contribution >= 0.6 is 0 Å². The van der Waals surface area contributed by atoms with E-state index in [2.05, 4.69) is 15.4 Å². The van der Waals surface area contributed by atoms with Crippen LogP contribution in [0.15, 0.2) is 54.6 Å². The number of aryl methyl sites for hydroxylation is 4. The van der Waals surface area contributed by atoms with Crippen LogP contribution in [0.2, 0.25) is 0 Å². The van der Waals surface area contributed by atoms with Crippen molar-refractivity contribution in [2.45, 2.75) is 27.7 Å². The van der Waals surface area contributed by atoms with Gasteiger partial charge in [0.05, 0.1) is 22.3 Å². The average molecular weight is 439 g/mol. The summed E-state index contributed by atoms with van der Waals surface area (Å²) in [4.78, 5) is 22.5. The summed E-state index contributed by atoms with van der Waals surface area (Å²) in [5, 5.41) is 9.04. The van der Waals surface area contributed by atoms with Crippen molar-refractivity contribution in [1.29, 1.82) is 0 Å². The van der Waals surface area contributed by atoms with Gasteiger partial charge in [0.1, 0.15) is 11.6 Å². The van der Waals surface area contributed by atoms with Crippen molar-refractivity contribution < 1.29 is 9.18 Å². The number of nitrogens with zero attached hydrogens (tertiary/aromatic N) is 4. The number of fused-ring (bicyclic) bond motifs is 2. The van der Waals surface area contributed by atoms with Gasteiger partial charge in [0, 0.05) is 22.5 Å². The zero-order chi connectivity index (χ0) is 23.3. The van der Waals surface area contributed by atoms with Crippen LogP contribution in [-0.4, -0.2) is 25.7 Å². The Morgan fingerprint density at radius 2 is 1.70 bits per heavy atom. The highest BCUT2D eigenvalue weighted by Gasteiger charge is 2.18. The van der Waals surface area contributed by atoms with Gasteiger partial charge in [0.2, 0.25) is 0 Å². The molecule has 0 aliphatic rings. The van der Waals surface area contributed by atoms with Gasteiger partial charge in [-0.15, -0.1) is 0 Å². The Balaban J connectivity index is 1.60. The third-order valence-corrected chi connectivity index (χ3v) is 5.67. The molecule has 0 aliphatic heterocycles. The summed E-state index contributed by atoms with van der Waals surface area (Å²) in [5.74, 6) is 0.302. The lowest BCUT2D eigenvalue weighted by Crippen LogP contribution is -2.16. The molecular weight excluding hydrogens is 417 g/mol. The van der Waals surface area contributed by atoms with Crippen molar-refractivity contribution >= 4 is 33.5 Å². The van der Waals surface area contributed by atoms with Crippen LogP contribution in [0.4, 0.5) is 10.2 Å². The standard InChI is InChI=1S/C26H22FN5O/c1-14-6-5-7-19-15(2)10-23(29-25(14)19)32-24(12-17(4)31-32)30-26(33)21-11-16(3)28-22-9-8-18(27)13-20(21)22/h5-13H,1-4H3,(H,30,33). The summed E-state index contributed by atoms with van der Waals surface area (Å²) in [6, 6.07) is 15.7. The van der Waals surface area contributed by atoms with E-state index >= 15 is 0 Å². The van der Waals surface area contributed by atoms with E-state index in [-0.39, 0.29) is 5.91 Å². The van der Waals surface area contributed by atoms with E-state index in [1.54, 1.807) is 29.8 Å². The van der Waals surface area contributed by atoms with Gasteiger partial charge in [-0.05, 0) is 69.2 Å². The summed E-state index contributed by atoms with van der Waals surface area (Å²) in [5.41, 5.74) is 5.34. The van der Waals surface area contributed by atoms with Gasteiger partial charge in [-0.3, -0.25) is 9.78 Å². The number of halogens is 1. The van der Waals surface area contributed by atoms with E-state index < -0.39 is 5.82 Å². The first-order valence-electron chi connectivity index (χ1n) is 10.6. The predicted octanol–water partition coefficient (Wildman–Crippen LogP) is 5.59. The van der Waals surface area contributed by atoms with Crippen LogP contribution in [0.5, 0.6) is 0 Å². The van der Waals surface area contributed by atoms with Crippen LogP contribution < -0.4 is 5.32 Å². The molecule has 3 aromatic heterocycles. The van der Waals surface area contributed by atoms with E-state index in [0.717, 1.165) is 27.7 Å². The predicted molar refractivity (Wildman–Crippen MR) is 127 cm³/mol. The van der Waals surface area contributed by atoms with Crippen molar-refractivity contribution in [2.24, 2.45) is 0 Å². The maximum Gasteiger partial charge on any atom is 0.257 e. The number of amides is 1. The summed E-state index contributed by atoms with van der Waals surface area (Å²) < 4.78 is 15.5. The second-order valence-corrected chi connectivity index (χ2v) is 8.28. The smallest absolute Gasteiger partial charge is 0.257 e. The molecule has 3 heterocycles. The molecule has 0 spiro atoms. The Morgan fingerprint density at radius 3 is 2.52 bits per heavy atom. The Kier molecular flexibility index (Phi) is 4.89. The SMILES string of the molecule is Cc1cc(C(=O)Nc2cc(C)nn2-c2cc(C)c3cccc(C)c3n2)c2cc(F)ccc2n1. The second kappa shape index (κ2) is 7.78. The van der Waals surface area contributed by atoms with Crippen LogP contribution in [0.3, 0.4) is 0 Å². The lowest BCUT2D eigenvalue weighted by molar-refractivity contribution is 0.102.